The van der Waals surface area contributed by atoms with Crippen LogP contribution in [0.1, 0.15) is 24.8 Å². The van der Waals surface area contributed by atoms with Crippen molar-refractivity contribution in [3.8, 4) is 5.75 Å². The maximum Gasteiger partial charge on any atom is 0.225 e. The summed E-state index contributed by atoms with van der Waals surface area (Å²) in [5.74, 6) is 0.610. The second-order valence-electron chi connectivity index (χ2n) is 6.76. The normalized spacial score (nSPS) is 21.8. The van der Waals surface area contributed by atoms with Gasteiger partial charge in [0.2, 0.25) is 5.91 Å². The zero-order valence-corrected chi connectivity index (χ0v) is 14.4. The molecule has 24 heavy (non-hydrogen) atoms. The Bertz CT molecular complexity index is 600. The van der Waals surface area contributed by atoms with Crippen molar-refractivity contribution in [1.82, 2.24) is 9.80 Å². The van der Waals surface area contributed by atoms with Crippen molar-refractivity contribution in [1.29, 1.82) is 0 Å². The molecule has 1 spiro atoms. The smallest absolute Gasteiger partial charge is 0.225 e. The van der Waals surface area contributed by atoms with Crippen LogP contribution in [0.2, 0.25) is 0 Å². The average molecular weight is 336 g/mol. The third-order valence-corrected chi connectivity index (χ3v) is 5.15. The number of carbonyl (C=O) groups excluding carboxylic acids is 1. The fourth-order valence-electron chi connectivity index (χ4n) is 3.47. The molecule has 2 saturated heterocycles. The molecule has 2 fully saturated rings. The SMILES string of the molecule is COc1ccc(F)c(CN2CCC3(CC2)CC(=O)N(C)CCO3)c1. The van der Waals surface area contributed by atoms with Crippen LogP contribution in [0.5, 0.6) is 5.75 Å². The molecule has 0 bridgehead atoms. The van der Waals surface area contributed by atoms with Gasteiger partial charge in [-0.15, -0.1) is 0 Å². The molecule has 132 valence electrons. The number of amides is 1. The third kappa shape index (κ3) is 3.70. The van der Waals surface area contributed by atoms with Crippen molar-refractivity contribution < 1.29 is 18.7 Å². The van der Waals surface area contributed by atoms with Crippen LogP contribution >= 0.6 is 0 Å². The van der Waals surface area contributed by atoms with Crippen LogP contribution in [0.25, 0.3) is 0 Å². The number of benzene rings is 1. The Morgan fingerprint density at radius 3 is 2.75 bits per heavy atom. The van der Waals surface area contributed by atoms with Crippen molar-refractivity contribution in [3.05, 3.63) is 29.6 Å². The van der Waals surface area contributed by atoms with E-state index in [1.807, 2.05) is 7.05 Å². The topological polar surface area (TPSA) is 42.0 Å². The standard InChI is InChI=1S/C18H25FN2O3/c1-20-9-10-24-18(12-17(20)22)5-7-21(8-6-18)13-14-11-15(23-2)3-4-16(14)19/h3-4,11H,5-10,12-13H2,1-2H3. The first-order valence-electron chi connectivity index (χ1n) is 8.44. The van der Waals surface area contributed by atoms with Crippen LogP contribution in [0.15, 0.2) is 18.2 Å². The minimum Gasteiger partial charge on any atom is -0.497 e. The number of likely N-dealkylation sites (tertiary alicyclic amines) is 1. The summed E-state index contributed by atoms with van der Waals surface area (Å²) in [5, 5.41) is 0. The van der Waals surface area contributed by atoms with Gasteiger partial charge in [-0.3, -0.25) is 9.69 Å². The van der Waals surface area contributed by atoms with Crippen LogP contribution in [-0.4, -0.2) is 61.7 Å². The van der Waals surface area contributed by atoms with Gasteiger partial charge in [0, 0.05) is 38.8 Å². The number of halogens is 1. The lowest BCUT2D eigenvalue weighted by molar-refractivity contribution is -0.134. The molecule has 3 rings (SSSR count). The van der Waals surface area contributed by atoms with Crippen LogP contribution in [0.4, 0.5) is 4.39 Å². The Morgan fingerprint density at radius 2 is 2.04 bits per heavy atom. The van der Waals surface area contributed by atoms with Gasteiger partial charge >= 0.3 is 0 Å². The molecule has 1 aromatic rings. The van der Waals surface area contributed by atoms with E-state index in [-0.39, 0.29) is 17.3 Å². The van der Waals surface area contributed by atoms with E-state index in [0.29, 0.717) is 37.4 Å². The summed E-state index contributed by atoms with van der Waals surface area (Å²) in [6.07, 6.45) is 2.06. The highest BCUT2D eigenvalue weighted by atomic mass is 19.1. The van der Waals surface area contributed by atoms with Crippen LogP contribution in [-0.2, 0) is 16.1 Å². The summed E-state index contributed by atoms with van der Waals surface area (Å²) >= 11 is 0. The number of ether oxygens (including phenoxy) is 2. The molecule has 1 aromatic carbocycles. The first kappa shape index (κ1) is 17.2. The molecular weight excluding hydrogens is 311 g/mol. The zero-order chi connectivity index (χ0) is 17.2. The third-order valence-electron chi connectivity index (χ3n) is 5.15. The Morgan fingerprint density at radius 1 is 1.29 bits per heavy atom. The highest BCUT2D eigenvalue weighted by molar-refractivity contribution is 5.77. The van der Waals surface area contributed by atoms with Crippen molar-refractivity contribution in [3.63, 3.8) is 0 Å². The van der Waals surface area contributed by atoms with Gasteiger partial charge in [0.05, 0.1) is 25.7 Å². The number of nitrogens with zero attached hydrogens (tertiary/aromatic N) is 2. The van der Waals surface area contributed by atoms with Crippen LogP contribution in [0.3, 0.4) is 0 Å². The molecule has 0 aliphatic carbocycles. The second kappa shape index (κ2) is 7.07. The van der Waals surface area contributed by atoms with E-state index in [2.05, 4.69) is 4.90 Å². The van der Waals surface area contributed by atoms with E-state index in [0.717, 1.165) is 25.9 Å². The fourth-order valence-corrected chi connectivity index (χ4v) is 3.47. The van der Waals surface area contributed by atoms with E-state index < -0.39 is 0 Å². The maximum atomic E-state index is 14.0. The molecular formula is C18H25FN2O3. The zero-order valence-electron chi connectivity index (χ0n) is 14.4. The molecule has 1 amide bonds. The second-order valence-corrected chi connectivity index (χ2v) is 6.76. The Hall–Kier alpha value is -1.66. The van der Waals surface area contributed by atoms with E-state index in [4.69, 9.17) is 9.47 Å². The van der Waals surface area contributed by atoms with Gasteiger partial charge in [0.1, 0.15) is 11.6 Å². The van der Waals surface area contributed by atoms with Gasteiger partial charge in [-0.2, -0.15) is 0 Å². The van der Waals surface area contributed by atoms with Crippen LogP contribution < -0.4 is 4.74 Å². The predicted octanol–water partition coefficient (Wildman–Crippen LogP) is 2.05. The highest BCUT2D eigenvalue weighted by Gasteiger charge is 2.40. The summed E-state index contributed by atoms with van der Waals surface area (Å²) in [7, 11) is 3.41. The molecule has 0 saturated carbocycles. The van der Waals surface area contributed by atoms with Crippen LogP contribution in [0, 0.1) is 5.82 Å². The first-order valence-corrected chi connectivity index (χ1v) is 8.44. The molecule has 0 aromatic heterocycles. The Balaban J connectivity index is 1.62. The fraction of sp³-hybridized carbons (Fsp3) is 0.611. The van der Waals surface area contributed by atoms with Gasteiger partial charge in [-0.1, -0.05) is 0 Å². The first-order chi connectivity index (χ1) is 11.5. The van der Waals surface area contributed by atoms with E-state index in [9.17, 15) is 9.18 Å². The molecule has 6 heteroatoms. The number of rotatable bonds is 3. The molecule has 2 aliphatic rings. The highest BCUT2D eigenvalue weighted by Crippen LogP contribution is 2.33. The number of hydrogen-bond acceptors (Lipinski definition) is 4. The van der Waals surface area contributed by atoms with Crippen molar-refractivity contribution in [2.75, 3.05) is 40.4 Å². The van der Waals surface area contributed by atoms with Gasteiger partial charge < -0.3 is 14.4 Å². The van der Waals surface area contributed by atoms with E-state index in [1.165, 1.54) is 6.07 Å². The Kier molecular flexibility index (Phi) is 5.06. The largest absolute Gasteiger partial charge is 0.497 e. The molecule has 0 N–H and O–H groups in total. The van der Waals surface area contributed by atoms with Gasteiger partial charge in [-0.25, -0.2) is 4.39 Å². The minimum atomic E-state index is -0.342. The molecule has 2 aliphatic heterocycles. The number of methoxy groups -OCH3 is 1. The minimum absolute atomic E-state index is 0.153. The maximum absolute atomic E-state index is 14.0. The predicted molar refractivity (Wildman–Crippen MR) is 88.4 cm³/mol. The quantitative estimate of drug-likeness (QED) is 0.847. The number of carbonyl (C=O) groups is 1. The number of hydrogen-bond donors (Lipinski definition) is 0. The van der Waals surface area contributed by atoms with Crippen molar-refractivity contribution in [2.24, 2.45) is 0 Å². The van der Waals surface area contributed by atoms with Gasteiger partial charge in [-0.05, 0) is 31.0 Å². The van der Waals surface area contributed by atoms with Gasteiger partial charge in [0.15, 0.2) is 0 Å². The number of piperidine rings is 1. The molecule has 2 heterocycles. The molecule has 0 atom stereocenters. The lowest BCUT2D eigenvalue weighted by atomic mass is 9.87. The molecule has 0 unspecified atom stereocenters. The van der Waals surface area contributed by atoms with Crippen molar-refractivity contribution in [2.45, 2.75) is 31.4 Å². The van der Waals surface area contributed by atoms with Gasteiger partial charge in [0.25, 0.3) is 0 Å². The summed E-state index contributed by atoms with van der Waals surface area (Å²) in [4.78, 5) is 16.1. The number of likely N-dealkylation sites (N-methyl/N-ethyl adjacent to an activating group) is 1. The van der Waals surface area contributed by atoms with E-state index >= 15 is 0 Å². The molecule has 5 nitrogen and oxygen atoms in total. The summed E-state index contributed by atoms with van der Waals surface area (Å²) in [6.45, 7) is 3.39. The van der Waals surface area contributed by atoms with E-state index in [1.54, 1.807) is 24.1 Å². The lowest BCUT2D eigenvalue weighted by Crippen LogP contribution is -2.46. The Labute approximate surface area is 142 Å². The summed E-state index contributed by atoms with van der Waals surface area (Å²) < 4.78 is 25.2. The molecule has 0 radical (unpaired) electrons. The van der Waals surface area contributed by atoms with Crippen molar-refractivity contribution >= 4 is 5.91 Å². The lowest BCUT2D eigenvalue weighted by Gasteiger charge is -2.40. The average Bonchev–Trinajstić information content (AvgIpc) is 2.71. The summed E-state index contributed by atoms with van der Waals surface area (Å²) in [6, 6.07) is 4.83. The summed E-state index contributed by atoms with van der Waals surface area (Å²) in [5.41, 5.74) is 0.300. The monoisotopic (exact) mass is 336 g/mol.